The minimum atomic E-state index is -4.17. The molecule has 1 rings (SSSR count). The zero-order valence-electron chi connectivity index (χ0n) is 11.4. The van der Waals surface area contributed by atoms with E-state index in [2.05, 4.69) is 0 Å². The first-order chi connectivity index (χ1) is 8.79. The molecule has 106 valence electrons. The summed E-state index contributed by atoms with van der Waals surface area (Å²) in [6.45, 7) is 1.86. The average molecular weight is 327 g/mol. The van der Waals surface area contributed by atoms with Crippen molar-refractivity contribution < 1.29 is 74.0 Å². The van der Waals surface area contributed by atoms with Gasteiger partial charge in [0.05, 0.1) is 21.6 Å². The summed E-state index contributed by atoms with van der Waals surface area (Å²) in [6.07, 6.45) is 0.662. The second-order valence-corrected chi connectivity index (χ2v) is 5.55. The van der Waals surface area contributed by atoms with E-state index in [4.69, 9.17) is 4.74 Å². The summed E-state index contributed by atoms with van der Waals surface area (Å²) in [6, 6.07) is 4.38. The SMILES string of the molecule is Cc1cc(OCCCCS(=O)(=O)[O-])ccc1[N+](=O)[O-].[K+]. The van der Waals surface area contributed by atoms with Gasteiger partial charge in [0.1, 0.15) is 5.75 Å². The third-order valence-corrected chi connectivity index (χ3v) is 3.21. The first kappa shape index (κ1) is 20.0. The molecule has 0 N–H and O–H groups in total. The second kappa shape index (κ2) is 9.08. The molecule has 0 aliphatic rings. The number of nitro groups is 1. The minimum Gasteiger partial charge on any atom is -0.748 e. The fourth-order valence-corrected chi connectivity index (χ4v) is 2.05. The van der Waals surface area contributed by atoms with Gasteiger partial charge in [-0.15, -0.1) is 0 Å². The summed E-state index contributed by atoms with van der Waals surface area (Å²) in [5.41, 5.74) is 0.509. The molecule has 20 heavy (non-hydrogen) atoms. The molecule has 0 bridgehead atoms. The van der Waals surface area contributed by atoms with Crippen molar-refractivity contribution in [3.63, 3.8) is 0 Å². The van der Waals surface area contributed by atoms with Crippen molar-refractivity contribution in [2.24, 2.45) is 0 Å². The molecule has 0 saturated heterocycles. The number of nitrogens with zero attached hydrogens (tertiary/aromatic N) is 1. The Balaban J connectivity index is 0.00000361. The van der Waals surface area contributed by atoms with Crippen LogP contribution in [0.1, 0.15) is 18.4 Å². The number of benzene rings is 1. The zero-order chi connectivity index (χ0) is 14.5. The molecule has 0 fully saturated rings. The van der Waals surface area contributed by atoms with Gasteiger partial charge < -0.3 is 9.29 Å². The molecule has 1 aromatic rings. The maximum Gasteiger partial charge on any atom is 1.00 e. The van der Waals surface area contributed by atoms with E-state index in [1.54, 1.807) is 13.0 Å². The monoisotopic (exact) mass is 327 g/mol. The van der Waals surface area contributed by atoms with Gasteiger partial charge in [0.25, 0.3) is 5.69 Å². The number of nitro benzene ring substituents is 1. The molecule has 7 nitrogen and oxygen atoms in total. The van der Waals surface area contributed by atoms with Crippen LogP contribution < -0.4 is 56.1 Å². The van der Waals surface area contributed by atoms with Crippen LogP contribution in [0.2, 0.25) is 0 Å². The third kappa shape index (κ3) is 7.67. The largest absolute Gasteiger partial charge is 1.00 e. The van der Waals surface area contributed by atoms with E-state index in [1.807, 2.05) is 0 Å². The molecule has 0 aliphatic heterocycles. The number of hydrogen-bond donors (Lipinski definition) is 0. The normalized spacial score (nSPS) is 10.7. The summed E-state index contributed by atoms with van der Waals surface area (Å²) >= 11 is 0. The molecule has 9 heteroatoms. The van der Waals surface area contributed by atoms with Gasteiger partial charge in [-0.1, -0.05) is 0 Å². The van der Waals surface area contributed by atoms with Gasteiger partial charge in [-0.3, -0.25) is 10.1 Å². The van der Waals surface area contributed by atoms with E-state index in [-0.39, 0.29) is 70.1 Å². The molecule has 0 heterocycles. The topological polar surface area (TPSA) is 110 Å². The maximum absolute atomic E-state index is 10.6. The predicted molar refractivity (Wildman–Crippen MR) is 67.1 cm³/mol. The van der Waals surface area contributed by atoms with E-state index < -0.39 is 20.8 Å². The molecular formula is C11H14KNO6S. The van der Waals surface area contributed by atoms with Crippen molar-refractivity contribution in [1.29, 1.82) is 0 Å². The number of ether oxygens (including phenoxy) is 1. The zero-order valence-corrected chi connectivity index (χ0v) is 15.3. The molecular weight excluding hydrogens is 313 g/mol. The van der Waals surface area contributed by atoms with Gasteiger partial charge in [-0.2, -0.15) is 0 Å². The average Bonchev–Trinajstić information content (AvgIpc) is 2.26. The Morgan fingerprint density at radius 1 is 1.30 bits per heavy atom. The first-order valence-electron chi connectivity index (χ1n) is 5.61. The Hall–Kier alpha value is -0.0336. The molecule has 0 spiro atoms. The number of unbranched alkanes of at least 4 members (excludes halogenated alkanes) is 1. The molecule has 0 saturated carbocycles. The van der Waals surface area contributed by atoms with Gasteiger partial charge in [0, 0.05) is 17.4 Å². The Morgan fingerprint density at radius 3 is 2.45 bits per heavy atom. The van der Waals surface area contributed by atoms with E-state index in [0.717, 1.165) is 0 Å². The van der Waals surface area contributed by atoms with Crippen LogP contribution in [0.25, 0.3) is 0 Å². The number of hydrogen-bond acceptors (Lipinski definition) is 6. The summed E-state index contributed by atoms with van der Waals surface area (Å²) < 4.78 is 36.4. The van der Waals surface area contributed by atoms with Crippen molar-refractivity contribution in [1.82, 2.24) is 0 Å². The fraction of sp³-hybridized carbons (Fsp3) is 0.455. The van der Waals surface area contributed by atoms with E-state index in [0.29, 0.717) is 17.7 Å². The van der Waals surface area contributed by atoms with Crippen LogP contribution in [-0.4, -0.2) is 30.3 Å². The number of aryl methyl sites for hydroxylation is 1. The molecule has 0 aromatic heterocycles. The standard InChI is InChI=1S/C11H15NO6S.K/c1-9-8-10(4-5-11(9)12(13)14)18-6-2-3-7-19(15,16)17;/h4-5,8H,2-3,6-7H2,1H3,(H,15,16,17);/q;+1/p-1. The molecule has 0 atom stereocenters. The Labute approximate surface area is 160 Å². The molecule has 0 amide bonds. The van der Waals surface area contributed by atoms with E-state index in [9.17, 15) is 23.1 Å². The fourth-order valence-electron chi connectivity index (χ4n) is 1.49. The van der Waals surface area contributed by atoms with Crippen LogP contribution in [0.3, 0.4) is 0 Å². The number of rotatable bonds is 7. The van der Waals surface area contributed by atoms with E-state index >= 15 is 0 Å². The smallest absolute Gasteiger partial charge is 0.748 e. The van der Waals surface area contributed by atoms with Crippen LogP contribution in [0, 0.1) is 17.0 Å². The van der Waals surface area contributed by atoms with Crippen LogP contribution in [0.5, 0.6) is 5.75 Å². The van der Waals surface area contributed by atoms with Crippen molar-refractivity contribution >= 4 is 15.8 Å². The molecule has 1 aromatic carbocycles. The van der Waals surface area contributed by atoms with Crippen molar-refractivity contribution in [2.45, 2.75) is 19.8 Å². The predicted octanol–water partition coefficient (Wildman–Crippen LogP) is -1.39. The third-order valence-electron chi connectivity index (χ3n) is 2.42. The Bertz CT molecular complexity index is 560. The van der Waals surface area contributed by atoms with Gasteiger partial charge in [-0.05, 0) is 31.9 Å². The summed E-state index contributed by atoms with van der Waals surface area (Å²) in [4.78, 5) is 10.1. The maximum atomic E-state index is 10.6. The van der Waals surface area contributed by atoms with Gasteiger partial charge in [0.2, 0.25) is 0 Å². The van der Waals surface area contributed by atoms with Crippen LogP contribution >= 0.6 is 0 Å². The second-order valence-electron chi connectivity index (χ2n) is 4.02. The quantitative estimate of drug-likeness (QED) is 0.200. The molecule has 0 aliphatic carbocycles. The van der Waals surface area contributed by atoms with Crippen molar-refractivity contribution in [3.05, 3.63) is 33.9 Å². The molecule has 0 unspecified atom stereocenters. The first-order valence-corrected chi connectivity index (χ1v) is 7.19. The summed E-state index contributed by atoms with van der Waals surface area (Å²) in [7, 11) is -4.17. The van der Waals surface area contributed by atoms with Crippen LogP contribution in [0.4, 0.5) is 5.69 Å². The van der Waals surface area contributed by atoms with Crippen molar-refractivity contribution in [2.75, 3.05) is 12.4 Å². The van der Waals surface area contributed by atoms with E-state index in [1.165, 1.54) is 12.1 Å². The Kier molecular flexibility index (Phi) is 9.06. The van der Waals surface area contributed by atoms with Crippen LogP contribution in [0.15, 0.2) is 18.2 Å². The van der Waals surface area contributed by atoms with Gasteiger partial charge in [0.15, 0.2) is 0 Å². The van der Waals surface area contributed by atoms with Gasteiger partial charge >= 0.3 is 51.4 Å². The Morgan fingerprint density at radius 2 is 1.95 bits per heavy atom. The molecule has 0 radical (unpaired) electrons. The minimum absolute atomic E-state index is 0. The van der Waals surface area contributed by atoms with Crippen LogP contribution in [-0.2, 0) is 10.1 Å². The van der Waals surface area contributed by atoms with Gasteiger partial charge in [-0.25, -0.2) is 8.42 Å². The van der Waals surface area contributed by atoms with Crippen molar-refractivity contribution in [3.8, 4) is 5.75 Å². The summed E-state index contributed by atoms with van der Waals surface area (Å²) in [5, 5.41) is 10.6. The summed E-state index contributed by atoms with van der Waals surface area (Å²) in [5.74, 6) is 0.0726.